The molecule has 0 fully saturated rings. The number of aromatic nitrogens is 2. The second-order valence-electron chi connectivity index (χ2n) is 12.0. The molecule has 0 saturated heterocycles. The summed E-state index contributed by atoms with van der Waals surface area (Å²) in [6.45, 7) is 0. The molecule has 0 amide bonds. The molecule has 2 aromatic carbocycles. The molecule has 0 radical (unpaired) electrons. The summed E-state index contributed by atoms with van der Waals surface area (Å²) in [5.74, 6) is 0. The molecule has 8 heterocycles. The topological polar surface area (TPSA) is 32.3 Å². The number of fused-ring (bicyclic) bond motifs is 3. The third kappa shape index (κ3) is 5.17. The van der Waals surface area contributed by atoms with Crippen LogP contribution in [-0.4, -0.2) is 34.4 Å². The van der Waals surface area contributed by atoms with Gasteiger partial charge in [0.25, 0.3) is 0 Å². The number of halogens is 4. The molecule has 16 heteroatoms. The van der Waals surface area contributed by atoms with Crippen LogP contribution in [0, 0.1) is 0 Å². The van der Waals surface area contributed by atoms with E-state index in [4.69, 9.17) is 9.97 Å². The molecule has 0 N–H and O–H groups in total. The van der Waals surface area contributed by atoms with Crippen LogP contribution in [0.25, 0.3) is 51.3 Å². The summed E-state index contributed by atoms with van der Waals surface area (Å²) in [6, 6.07) is 28.2. The summed E-state index contributed by atoms with van der Waals surface area (Å²) < 4.78 is 65.7. The molecular weight excluding hydrogens is 778 g/mol. The van der Waals surface area contributed by atoms with Gasteiger partial charge in [-0.2, -0.15) is 0 Å². The Labute approximate surface area is 319 Å². The zero-order chi connectivity index (χ0) is 35.1. The van der Waals surface area contributed by atoms with Crippen LogP contribution in [0.15, 0.2) is 119 Å². The number of para-hydroxylation sites is 2. The minimum absolute atomic E-state index is 0.238. The smallest absolute Gasteiger partial charge is 0.342 e. The number of hydrogen-bond donors (Lipinski definition) is 0. The highest BCUT2D eigenvalue weighted by Crippen LogP contribution is 2.63. The highest BCUT2D eigenvalue weighted by atomic mass is 32.1. The second-order valence-corrected chi connectivity index (χ2v) is 18.2. The maximum Gasteiger partial charge on any atom is 0.674 e. The van der Waals surface area contributed by atoms with Crippen molar-refractivity contribution in [1.82, 2.24) is 19.6 Å². The van der Waals surface area contributed by atoms with Crippen molar-refractivity contribution in [3.63, 3.8) is 0 Å². The Balaban J connectivity index is 1.30. The Hall–Kier alpha value is -4.05. The number of hydrogen-bond acceptors (Lipinski definition) is 10. The van der Waals surface area contributed by atoms with E-state index >= 15 is 17.3 Å². The van der Waals surface area contributed by atoms with Crippen molar-refractivity contribution in [2.75, 3.05) is 0 Å². The third-order valence-corrected chi connectivity index (χ3v) is 15.6. The molecule has 2 aliphatic heterocycles. The zero-order valence-electron chi connectivity index (χ0n) is 26.5. The van der Waals surface area contributed by atoms with Gasteiger partial charge in [-0.3, -0.25) is 17.3 Å². The molecule has 10 rings (SSSR count). The first kappa shape index (κ1) is 32.6. The summed E-state index contributed by atoms with van der Waals surface area (Å²) in [4.78, 5) is 17.0. The first-order valence-electron chi connectivity index (χ1n) is 16.1. The highest BCUT2D eigenvalue weighted by molar-refractivity contribution is 7.22. The second kappa shape index (κ2) is 12.8. The molecule has 254 valence electrons. The van der Waals surface area contributed by atoms with Crippen LogP contribution < -0.4 is 0 Å². The van der Waals surface area contributed by atoms with Crippen molar-refractivity contribution in [3.8, 4) is 19.5 Å². The monoisotopic (exact) mass is 798 g/mol. The molecular formula is C36H20B2F4N4S6. The number of benzene rings is 2. The Morgan fingerprint density at radius 2 is 0.885 bits per heavy atom. The van der Waals surface area contributed by atoms with Gasteiger partial charge in [0.2, 0.25) is 0 Å². The molecule has 0 saturated carbocycles. The third-order valence-electron chi connectivity index (χ3n) is 9.14. The van der Waals surface area contributed by atoms with Crippen LogP contribution in [-0.2, 0) is 0 Å². The first-order valence-corrected chi connectivity index (χ1v) is 21.1. The van der Waals surface area contributed by atoms with Crippen molar-refractivity contribution in [2.24, 2.45) is 0 Å². The van der Waals surface area contributed by atoms with Gasteiger partial charge in [0.15, 0.2) is 0 Å². The number of thiophene rings is 4. The van der Waals surface area contributed by atoms with Crippen molar-refractivity contribution in [2.45, 2.75) is 12.1 Å². The molecule has 2 atom stereocenters. The molecule has 2 aliphatic rings. The summed E-state index contributed by atoms with van der Waals surface area (Å²) in [5, 5.41) is 4.79. The SMILES string of the molecule is FB(F)N1C(c2ccc(-c3cccs3)s2)=C2C(=C(c3ccc(-c4cccs4)s3)N(B(F)F)C2c2nc3ccccc3s2)C1c1nc2ccccc2s1. The van der Waals surface area contributed by atoms with Gasteiger partial charge in [-0.1, -0.05) is 36.4 Å². The number of thiazole rings is 2. The minimum atomic E-state index is -2.97. The van der Waals surface area contributed by atoms with Crippen LogP contribution >= 0.6 is 68.0 Å². The first-order chi connectivity index (χ1) is 25.4. The maximum absolute atomic E-state index is 16.0. The van der Waals surface area contributed by atoms with Crippen molar-refractivity contribution < 1.29 is 17.3 Å². The van der Waals surface area contributed by atoms with Crippen molar-refractivity contribution in [3.05, 3.63) is 139 Å². The van der Waals surface area contributed by atoms with E-state index in [9.17, 15) is 0 Å². The van der Waals surface area contributed by atoms with E-state index < -0.39 is 26.9 Å². The van der Waals surface area contributed by atoms with Gasteiger partial charge >= 0.3 is 14.8 Å². The van der Waals surface area contributed by atoms with Crippen molar-refractivity contribution >= 4 is 115 Å². The van der Waals surface area contributed by atoms with E-state index in [1.165, 1.54) is 45.3 Å². The van der Waals surface area contributed by atoms with Crippen LogP contribution in [0.4, 0.5) is 17.3 Å². The average molecular weight is 799 g/mol. The lowest BCUT2D eigenvalue weighted by Crippen LogP contribution is -2.36. The minimum Gasteiger partial charge on any atom is -0.342 e. The van der Waals surface area contributed by atoms with Crippen LogP contribution in [0.3, 0.4) is 0 Å². The fraction of sp³-hybridized carbons (Fsp3) is 0.0556. The molecule has 52 heavy (non-hydrogen) atoms. The van der Waals surface area contributed by atoms with Gasteiger partial charge in [0.1, 0.15) is 22.1 Å². The fourth-order valence-electron chi connectivity index (χ4n) is 7.10. The Morgan fingerprint density at radius 1 is 0.462 bits per heavy atom. The highest BCUT2D eigenvalue weighted by Gasteiger charge is 2.57. The summed E-state index contributed by atoms with van der Waals surface area (Å²) in [5.41, 5.74) is 2.66. The van der Waals surface area contributed by atoms with E-state index in [1.54, 1.807) is 22.7 Å². The lowest BCUT2D eigenvalue weighted by Gasteiger charge is -2.31. The van der Waals surface area contributed by atoms with Gasteiger partial charge in [-0.05, 0) is 71.4 Å². The largest absolute Gasteiger partial charge is 0.674 e. The lowest BCUT2D eigenvalue weighted by molar-refractivity contribution is 0.416. The van der Waals surface area contributed by atoms with Gasteiger partial charge in [-0.25, -0.2) is 9.97 Å². The van der Waals surface area contributed by atoms with E-state index in [0.717, 1.165) is 38.5 Å². The molecule has 4 nitrogen and oxygen atoms in total. The van der Waals surface area contributed by atoms with Gasteiger partial charge in [0.05, 0.1) is 41.6 Å². The van der Waals surface area contributed by atoms with E-state index in [0.29, 0.717) is 41.9 Å². The van der Waals surface area contributed by atoms with Gasteiger partial charge in [-0.15, -0.1) is 68.0 Å². The molecule has 6 aromatic heterocycles. The van der Waals surface area contributed by atoms with E-state index in [1.807, 2.05) is 108 Å². The normalized spacial score (nSPS) is 17.4. The molecule has 0 spiro atoms. The number of nitrogens with zero attached hydrogens (tertiary/aromatic N) is 4. The predicted molar refractivity (Wildman–Crippen MR) is 213 cm³/mol. The van der Waals surface area contributed by atoms with Gasteiger partial charge in [0, 0.05) is 30.7 Å². The Bertz CT molecular complexity index is 2410. The fourth-order valence-corrected chi connectivity index (χ4v) is 13.1. The summed E-state index contributed by atoms with van der Waals surface area (Å²) in [6.07, 6.45) is 0. The average Bonchev–Trinajstić information content (AvgIpc) is 4.00. The molecule has 2 unspecified atom stereocenters. The number of rotatable bonds is 8. The van der Waals surface area contributed by atoms with Crippen molar-refractivity contribution in [1.29, 1.82) is 0 Å². The lowest BCUT2D eigenvalue weighted by atomic mass is 9.97. The van der Waals surface area contributed by atoms with E-state index in [-0.39, 0.29) is 11.4 Å². The summed E-state index contributed by atoms with van der Waals surface area (Å²) in [7, 11) is -5.93. The van der Waals surface area contributed by atoms with Gasteiger partial charge < -0.3 is 9.62 Å². The van der Waals surface area contributed by atoms with E-state index in [2.05, 4.69) is 0 Å². The Morgan fingerprint density at radius 3 is 1.27 bits per heavy atom. The van der Waals surface area contributed by atoms with Crippen LogP contribution in [0.1, 0.15) is 31.9 Å². The maximum atomic E-state index is 16.0. The van der Waals surface area contributed by atoms with Crippen LogP contribution in [0.5, 0.6) is 0 Å². The molecule has 8 aromatic rings. The quantitative estimate of drug-likeness (QED) is 0.113. The zero-order valence-corrected chi connectivity index (χ0v) is 31.4. The predicted octanol–water partition coefficient (Wildman–Crippen LogP) is 12.6. The molecule has 0 aliphatic carbocycles. The standard InChI is InChI=1S/C36H20B2F4N4S6/c39-37(40)45-32(28-16-14-26(50-28)24-12-6-18-48-24)30-29(33(45)35-43-19-7-1-3-9-21(19)51-35)31(27-15-13-25(49-27)23-11-5-17-47-23)46(38(41)42)34(30)36-44-20-8-2-4-10-22(20)52-36/h1-18,33-34H. The molecule has 0 bridgehead atoms. The Kier molecular flexibility index (Phi) is 8.03. The van der Waals surface area contributed by atoms with Crippen LogP contribution in [0.2, 0.25) is 0 Å². The summed E-state index contributed by atoms with van der Waals surface area (Å²) >= 11 is 8.55.